The molecular weight excluding hydrogens is 252 g/mol. The number of thioether (sulfide) groups is 1. The number of hydrogen-bond acceptors (Lipinski definition) is 3. The maximum atomic E-state index is 6.22. The molecule has 2 saturated heterocycles. The Kier molecular flexibility index (Phi) is 4.90. The average Bonchev–Trinajstić information content (AvgIpc) is 2.39. The van der Waals surface area contributed by atoms with Crippen LogP contribution in [0.1, 0.15) is 53.4 Å². The van der Waals surface area contributed by atoms with Crippen molar-refractivity contribution in [3.63, 3.8) is 0 Å². The number of hydrogen-bond donors (Lipinski definition) is 1. The van der Waals surface area contributed by atoms with Crippen molar-refractivity contribution in [3.8, 4) is 0 Å². The van der Waals surface area contributed by atoms with Crippen molar-refractivity contribution < 1.29 is 0 Å². The monoisotopic (exact) mass is 284 g/mol. The minimum absolute atomic E-state index is 0.284. The first-order valence-corrected chi connectivity index (χ1v) is 9.02. The number of nitrogens with zero attached hydrogens (tertiary/aromatic N) is 1. The summed E-state index contributed by atoms with van der Waals surface area (Å²) in [5.41, 5.74) is 6.98. The highest BCUT2D eigenvalue weighted by Gasteiger charge is 2.44. The molecule has 19 heavy (non-hydrogen) atoms. The lowest BCUT2D eigenvalue weighted by molar-refractivity contribution is 0.0231. The van der Waals surface area contributed by atoms with E-state index in [1.165, 1.54) is 44.5 Å². The minimum atomic E-state index is 0.284. The molecule has 0 spiro atoms. The predicted octanol–water partition coefficient (Wildman–Crippen LogP) is 3.36. The number of piperidine rings is 1. The lowest BCUT2D eigenvalue weighted by atomic mass is 9.74. The molecular formula is C16H32N2S. The maximum Gasteiger partial charge on any atom is 0.0447 e. The van der Waals surface area contributed by atoms with Gasteiger partial charge in [0.15, 0.2) is 0 Å². The quantitative estimate of drug-likeness (QED) is 0.843. The smallest absolute Gasteiger partial charge is 0.0447 e. The van der Waals surface area contributed by atoms with Gasteiger partial charge in [0.05, 0.1) is 0 Å². The molecule has 0 aliphatic carbocycles. The Morgan fingerprint density at radius 1 is 1.26 bits per heavy atom. The second-order valence-electron chi connectivity index (χ2n) is 7.55. The average molecular weight is 285 g/mol. The van der Waals surface area contributed by atoms with Crippen LogP contribution in [-0.4, -0.2) is 41.1 Å². The molecule has 2 unspecified atom stereocenters. The second-order valence-corrected chi connectivity index (χ2v) is 9.00. The summed E-state index contributed by atoms with van der Waals surface area (Å²) in [5.74, 6) is 2.20. The van der Waals surface area contributed by atoms with Gasteiger partial charge >= 0.3 is 0 Å². The van der Waals surface area contributed by atoms with Crippen LogP contribution >= 0.6 is 11.8 Å². The van der Waals surface area contributed by atoms with Crippen LogP contribution in [0.15, 0.2) is 0 Å². The van der Waals surface area contributed by atoms with Gasteiger partial charge in [0.2, 0.25) is 0 Å². The topological polar surface area (TPSA) is 29.3 Å². The van der Waals surface area contributed by atoms with Gasteiger partial charge in [0, 0.05) is 17.3 Å². The van der Waals surface area contributed by atoms with E-state index in [0.29, 0.717) is 10.7 Å². The molecule has 2 aliphatic heterocycles. The van der Waals surface area contributed by atoms with Crippen molar-refractivity contribution in [2.75, 3.05) is 25.4 Å². The van der Waals surface area contributed by atoms with Crippen molar-refractivity contribution in [2.24, 2.45) is 17.1 Å². The highest BCUT2D eigenvalue weighted by Crippen LogP contribution is 2.42. The molecule has 0 radical (unpaired) electrons. The molecule has 3 heteroatoms. The molecule has 0 saturated carbocycles. The number of rotatable bonds is 2. The highest BCUT2D eigenvalue weighted by atomic mass is 32.2. The van der Waals surface area contributed by atoms with Crippen LogP contribution in [0.4, 0.5) is 0 Å². The number of nitrogens with two attached hydrogens (primary N) is 1. The van der Waals surface area contributed by atoms with E-state index in [1.807, 2.05) is 0 Å². The van der Waals surface area contributed by atoms with Gasteiger partial charge < -0.3 is 5.73 Å². The van der Waals surface area contributed by atoms with Crippen LogP contribution in [-0.2, 0) is 0 Å². The molecule has 0 bridgehead atoms. The van der Waals surface area contributed by atoms with Gasteiger partial charge in [-0.2, -0.15) is 11.8 Å². The zero-order chi connectivity index (χ0) is 14.1. The lowest BCUT2D eigenvalue weighted by Gasteiger charge is -2.53. The molecule has 2 aliphatic rings. The third-order valence-electron chi connectivity index (χ3n) is 5.58. The molecule has 0 aromatic rings. The van der Waals surface area contributed by atoms with Crippen LogP contribution in [0.2, 0.25) is 0 Å². The van der Waals surface area contributed by atoms with Gasteiger partial charge in [0.25, 0.3) is 0 Å². The van der Waals surface area contributed by atoms with Crippen molar-refractivity contribution in [3.05, 3.63) is 0 Å². The summed E-state index contributed by atoms with van der Waals surface area (Å²) in [7, 11) is 0. The molecule has 112 valence electrons. The molecule has 0 aromatic heterocycles. The third-order valence-corrected chi connectivity index (χ3v) is 7.04. The molecule has 2 nitrogen and oxygen atoms in total. The Morgan fingerprint density at radius 2 is 1.89 bits per heavy atom. The largest absolute Gasteiger partial charge is 0.329 e. The second kappa shape index (κ2) is 5.95. The normalized spacial score (nSPS) is 35.5. The molecule has 2 atom stereocenters. The summed E-state index contributed by atoms with van der Waals surface area (Å²) in [6.07, 6.45) is 5.34. The van der Waals surface area contributed by atoms with E-state index in [2.05, 4.69) is 44.4 Å². The molecule has 2 N–H and O–H groups in total. The summed E-state index contributed by atoms with van der Waals surface area (Å²) in [6.45, 7) is 12.9. The minimum Gasteiger partial charge on any atom is -0.329 e. The summed E-state index contributed by atoms with van der Waals surface area (Å²) >= 11 is 2.13. The molecule has 2 fully saturated rings. The Hall–Kier alpha value is 0.270. The van der Waals surface area contributed by atoms with Gasteiger partial charge in [-0.3, -0.25) is 4.90 Å². The summed E-state index contributed by atoms with van der Waals surface area (Å²) in [4.78, 5) is 2.74. The van der Waals surface area contributed by atoms with Crippen molar-refractivity contribution in [1.82, 2.24) is 4.90 Å². The fourth-order valence-electron chi connectivity index (χ4n) is 4.00. The standard InChI is InChI=1S/C16H32N2S/c1-13-16(12-17,8-5-11-19-13)18-9-6-14(7-10-18)15(2,3)4/h13-14H,5-12,17H2,1-4H3. The van der Waals surface area contributed by atoms with Gasteiger partial charge in [-0.1, -0.05) is 27.7 Å². The van der Waals surface area contributed by atoms with Gasteiger partial charge in [-0.05, 0) is 55.9 Å². The fraction of sp³-hybridized carbons (Fsp3) is 1.00. The van der Waals surface area contributed by atoms with Crippen LogP contribution in [0, 0.1) is 11.3 Å². The van der Waals surface area contributed by atoms with E-state index in [-0.39, 0.29) is 5.54 Å². The van der Waals surface area contributed by atoms with Crippen LogP contribution in [0.5, 0.6) is 0 Å². The van der Waals surface area contributed by atoms with Gasteiger partial charge in [-0.25, -0.2) is 0 Å². The first kappa shape index (κ1) is 15.7. The Morgan fingerprint density at radius 3 is 2.37 bits per heavy atom. The van der Waals surface area contributed by atoms with Crippen molar-refractivity contribution >= 4 is 11.8 Å². The van der Waals surface area contributed by atoms with E-state index in [0.717, 1.165) is 12.5 Å². The molecule has 2 rings (SSSR count). The summed E-state index contributed by atoms with van der Waals surface area (Å²) in [6, 6.07) is 0. The van der Waals surface area contributed by atoms with E-state index < -0.39 is 0 Å². The van der Waals surface area contributed by atoms with E-state index in [1.54, 1.807) is 0 Å². The van der Waals surface area contributed by atoms with Gasteiger partial charge in [-0.15, -0.1) is 0 Å². The fourth-order valence-corrected chi connectivity index (χ4v) is 5.34. The van der Waals surface area contributed by atoms with E-state index >= 15 is 0 Å². The Labute approximate surface area is 123 Å². The molecule has 0 aromatic carbocycles. The first-order valence-electron chi connectivity index (χ1n) is 7.97. The lowest BCUT2D eigenvalue weighted by Crippen LogP contribution is -2.62. The summed E-state index contributed by atoms with van der Waals surface area (Å²) in [5, 5.41) is 0.692. The third kappa shape index (κ3) is 3.14. The van der Waals surface area contributed by atoms with E-state index in [4.69, 9.17) is 5.73 Å². The first-order chi connectivity index (χ1) is 8.90. The Bertz CT molecular complexity index is 292. The summed E-state index contributed by atoms with van der Waals surface area (Å²) < 4.78 is 0. The van der Waals surface area contributed by atoms with Crippen LogP contribution in [0.25, 0.3) is 0 Å². The highest BCUT2D eigenvalue weighted by molar-refractivity contribution is 8.00. The van der Waals surface area contributed by atoms with Crippen LogP contribution in [0.3, 0.4) is 0 Å². The number of likely N-dealkylation sites (tertiary alicyclic amines) is 1. The Balaban J connectivity index is 2.02. The van der Waals surface area contributed by atoms with Crippen molar-refractivity contribution in [1.29, 1.82) is 0 Å². The van der Waals surface area contributed by atoms with E-state index in [9.17, 15) is 0 Å². The molecule has 2 heterocycles. The van der Waals surface area contributed by atoms with Crippen molar-refractivity contribution in [2.45, 2.75) is 64.2 Å². The maximum absolute atomic E-state index is 6.22. The van der Waals surface area contributed by atoms with Crippen LogP contribution < -0.4 is 5.73 Å². The molecule has 0 amide bonds. The van der Waals surface area contributed by atoms with Gasteiger partial charge in [0.1, 0.15) is 0 Å². The predicted molar refractivity (Wildman–Crippen MR) is 86.7 cm³/mol. The SMILES string of the molecule is CC1SCCCC1(CN)N1CCC(C(C)(C)C)CC1. The zero-order valence-electron chi connectivity index (χ0n) is 13.2. The zero-order valence-corrected chi connectivity index (χ0v) is 14.1.